The van der Waals surface area contributed by atoms with Crippen molar-refractivity contribution in [3.63, 3.8) is 0 Å². The third-order valence-electron chi connectivity index (χ3n) is 7.48. The van der Waals surface area contributed by atoms with Crippen LogP contribution in [0.2, 0.25) is 0 Å². The van der Waals surface area contributed by atoms with E-state index < -0.39 is 35.2 Å². The number of likely N-dealkylation sites (tertiary alicyclic amines) is 1. The molecule has 15 heteroatoms. The molecule has 6 N–H and O–H groups in total. The van der Waals surface area contributed by atoms with Gasteiger partial charge in [-0.1, -0.05) is 32.4 Å². The van der Waals surface area contributed by atoms with Crippen LogP contribution in [0.25, 0.3) is 0 Å². The van der Waals surface area contributed by atoms with E-state index in [-0.39, 0.29) is 74.8 Å². The molecule has 1 heterocycles. The minimum atomic E-state index is -0.807. The van der Waals surface area contributed by atoms with E-state index in [1.807, 2.05) is 13.8 Å². The van der Waals surface area contributed by atoms with Crippen molar-refractivity contribution < 1.29 is 38.3 Å². The molecule has 1 aromatic rings. The number of urea groups is 1. The van der Waals surface area contributed by atoms with E-state index in [9.17, 15) is 33.6 Å². The van der Waals surface area contributed by atoms with Crippen molar-refractivity contribution in [1.29, 1.82) is 0 Å². The second-order valence-corrected chi connectivity index (χ2v) is 12.1. The number of imide groups is 1. The maximum Gasteiger partial charge on any atom is 0.407 e. The highest BCUT2D eigenvalue weighted by molar-refractivity contribution is 7.81. The van der Waals surface area contributed by atoms with Gasteiger partial charge < -0.3 is 31.7 Å². The highest BCUT2D eigenvalue weighted by Gasteiger charge is 2.35. The van der Waals surface area contributed by atoms with E-state index in [0.29, 0.717) is 36.9 Å². The summed E-state index contributed by atoms with van der Waals surface area (Å²) in [6.07, 6.45) is 1.94. The largest absolute Gasteiger partial charge is 0.445 e. The lowest BCUT2D eigenvalue weighted by atomic mass is 9.89. The van der Waals surface area contributed by atoms with Crippen molar-refractivity contribution in [1.82, 2.24) is 20.9 Å². The lowest BCUT2D eigenvalue weighted by Gasteiger charge is -2.24. The Labute approximate surface area is 274 Å². The van der Waals surface area contributed by atoms with Crippen LogP contribution in [0.4, 0.5) is 15.3 Å². The fourth-order valence-corrected chi connectivity index (χ4v) is 5.20. The monoisotopic (exact) mass is 662 g/mol. The zero-order valence-corrected chi connectivity index (χ0v) is 27.5. The first-order valence-corrected chi connectivity index (χ1v) is 16.0. The van der Waals surface area contributed by atoms with Crippen LogP contribution in [0.1, 0.15) is 70.8 Å². The molecule has 1 saturated heterocycles. The third kappa shape index (κ3) is 13.1. The highest BCUT2D eigenvalue weighted by Crippen LogP contribution is 2.21. The number of rotatable bonds is 19. The first kappa shape index (κ1) is 38.0. The summed E-state index contributed by atoms with van der Waals surface area (Å²) >= 11 is 4.11. The number of amides is 7. The molecule has 0 bridgehead atoms. The fraction of sp³-hybridized carbons (Fsp3) is 0.581. The Morgan fingerprint density at radius 2 is 1.74 bits per heavy atom. The first-order chi connectivity index (χ1) is 21.8. The van der Waals surface area contributed by atoms with Crippen molar-refractivity contribution in [3.8, 4) is 0 Å². The first-order valence-electron chi connectivity index (χ1n) is 15.4. The van der Waals surface area contributed by atoms with Gasteiger partial charge in [0.1, 0.15) is 6.61 Å². The molecule has 0 spiro atoms. The molecular formula is C31H46N6O8S. The van der Waals surface area contributed by atoms with Gasteiger partial charge in [-0.2, -0.15) is 12.6 Å². The Hall–Kier alpha value is -4.14. The normalized spacial score (nSPS) is 15.7. The molecule has 2 rings (SSSR count). The molecule has 1 fully saturated rings. The van der Waals surface area contributed by atoms with Crippen molar-refractivity contribution in [2.24, 2.45) is 17.6 Å². The number of nitrogens with two attached hydrogens (primary N) is 1. The number of anilines is 1. The van der Waals surface area contributed by atoms with Gasteiger partial charge in [-0.15, -0.1) is 0 Å². The predicted octanol–water partition coefficient (Wildman–Crippen LogP) is 2.26. The summed E-state index contributed by atoms with van der Waals surface area (Å²) < 4.78 is 5.01. The second kappa shape index (κ2) is 19.4. The number of unbranched alkanes of at least 4 members (excludes halogenated alkanes) is 2. The minimum Gasteiger partial charge on any atom is -0.445 e. The van der Waals surface area contributed by atoms with Gasteiger partial charge >= 0.3 is 12.1 Å². The van der Waals surface area contributed by atoms with E-state index in [2.05, 4.69) is 33.9 Å². The van der Waals surface area contributed by atoms with Crippen LogP contribution in [-0.4, -0.2) is 77.9 Å². The molecule has 1 aliphatic rings. The van der Waals surface area contributed by atoms with Crippen molar-refractivity contribution in [2.45, 2.75) is 83.1 Å². The number of hydrogen-bond donors (Lipinski definition) is 6. The number of nitrogens with zero attached hydrogens (tertiary/aromatic N) is 1. The average molecular weight is 663 g/mol. The molecule has 3 atom stereocenters. The number of benzene rings is 1. The van der Waals surface area contributed by atoms with Gasteiger partial charge in [-0.05, 0) is 49.3 Å². The van der Waals surface area contributed by atoms with E-state index in [0.717, 1.165) is 0 Å². The van der Waals surface area contributed by atoms with Gasteiger partial charge in [-0.3, -0.25) is 28.9 Å². The Balaban J connectivity index is 1.94. The molecule has 1 unspecified atom stereocenters. The molecule has 0 aromatic heterocycles. The topological polar surface area (TPSA) is 206 Å². The number of carbonyl (C=O) groups is 7. The molecule has 0 radical (unpaired) electrons. The van der Waals surface area contributed by atoms with Crippen LogP contribution < -0.4 is 27.0 Å². The van der Waals surface area contributed by atoms with Crippen LogP contribution >= 0.6 is 12.6 Å². The smallest absolute Gasteiger partial charge is 0.407 e. The lowest BCUT2D eigenvalue weighted by Crippen LogP contribution is -2.45. The summed E-state index contributed by atoms with van der Waals surface area (Å²) in [7, 11) is 1.46. The van der Waals surface area contributed by atoms with Crippen LogP contribution in [0.3, 0.4) is 0 Å². The second-order valence-electron chi connectivity index (χ2n) is 11.5. The molecule has 7 amide bonds. The lowest BCUT2D eigenvalue weighted by molar-refractivity contribution is -0.138. The van der Waals surface area contributed by atoms with E-state index in [1.54, 1.807) is 24.3 Å². The quantitative estimate of drug-likeness (QED) is 0.0734. The van der Waals surface area contributed by atoms with E-state index >= 15 is 0 Å². The van der Waals surface area contributed by atoms with Gasteiger partial charge in [0.05, 0.1) is 11.3 Å². The molecule has 1 aliphatic heterocycles. The Morgan fingerprint density at radius 3 is 2.33 bits per heavy atom. The van der Waals surface area contributed by atoms with E-state index in [4.69, 9.17) is 10.5 Å². The van der Waals surface area contributed by atoms with Crippen molar-refractivity contribution in [3.05, 3.63) is 29.8 Å². The fourth-order valence-electron chi connectivity index (χ4n) is 4.90. The molecule has 0 saturated carbocycles. The van der Waals surface area contributed by atoms with Gasteiger partial charge in [0.25, 0.3) is 0 Å². The number of hydrogen-bond acceptors (Lipinski definition) is 9. The minimum absolute atomic E-state index is 0.0532. The predicted molar refractivity (Wildman–Crippen MR) is 174 cm³/mol. The van der Waals surface area contributed by atoms with Gasteiger partial charge in [-0.25, -0.2) is 9.59 Å². The molecule has 254 valence electrons. The molecular weight excluding hydrogens is 616 g/mol. The van der Waals surface area contributed by atoms with Gasteiger partial charge in [0.15, 0.2) is 5.78 Å². The number of alkyl carbamates (subject to hydrolysis) is 1. The van der Waals surface area contributed by atoms with Crippen LogP contribution in [0.5, 0.6) is 0 Å². The van der Waals surface area contributed by atoms with Crippen molar-refractivity contribution in [2.75, 3.05) is 25.5 Å². The van der Waals surface area contributed by atoms with Crippen LogP contribution in [-0.2, 0) is 35.3 Å². The van der Waals surface area contributed by atoms with Crippen molar-refractivity contribution >= 4 is 59.9 Å². The molecule has 1 aromatic carbocycles. The highest BCUT2D eigenvalue weighted by atomic mass is 32.1. The van der Waals surface area contributed by atoms with Crippen LogP contribution in [0, 0.1) is 11.8 Å². The number of ketones is 1. The Kier molecular flexibility index (Phi) is 16.0. The maximum atomic E-state index is 13.4. The number of nitrogens with one attached hydrogen (secondary N) is 4. The molecule has 0 aliphatic carbocycles. The zero-order chi connectivity index (χ0) is 34.2. The third-order valence-corrected chi connectivity index (χ3v) is 7.88. The van der Waals surface area contributed by atoms with E-state index in [1.165, 1.54) is 11.9 Å². The SMILES string of the molecule is CNC(=O)OCc1ccc(NC(=O)[C@H](CCCNC(N)=O)CC(=O)[C@@H](NC(=O)CCCCCN2C(=O)CC(S)C2=O)C(C)C)cc1. The van der Waals surface area contributed by atoms with Gasteiger partial charge in [0, 0.05) is 51.0 Å². The molecule has 14 nitrogen and oxygen atoms in total. The summed E-state index contributed by atoms with van der Waals surface area (Å²) in [5.41, 5.74) is 6.34. The number of ether oxygens (including phenoxy) is 1. The van der Waals surface area contributed by atoms with Gasteiger partial charge in [0.2, 0.25) is 23.6 Å². The summed E-state index contributed by atoms with van der Waals surface area (Å²) in [5, 5.41) is 9.87. The standard InChI is InChI=1S/C31H46N6O8S/c1-19(2)27(36-25(39)9-5-4-6-15-37-26(40)17-24(46)29(37)42)23(38)16-21(8-7-14-34-30(32)43)28(41)35-22-12-10-20(11-13-22)18-45-31(44)33-3/h10-13,19,21,24,27,46H,4-9,14-18H2,1-3H3,(H,33,44)(H,35,41)(H,36,39)(H3,32,34,43)/t21-,24?,27+/m1/s1. The Morgan fingerprint density at radius 1 is 1.04 bits per heavy atom. The van der Waals surface area contributed by atoms with Crippen LogP contribution in [0.15, 0.2) is 24.3 Å². The molecule has 46 heavy (non-hydrogen) atoms. The number of carbonyl (C=O) groups excluding carboxylic acids is 7. The number of primary amides is 1. The summed E-state index contributed by atoms with van der Waals surface area (Å²) in [6, 6.07) is 5.21. The summed E-state index contributed by atoms with van der Waals surface area (Å²) in [4.78, 5) is 86.9. The average Bonchev–Trinajstić information content (AvgIpc) is 3.25. The number of Topliss-reactive ketones (excluding diaryl/α,β-unsaturated/α-hetero) is 1. The summed E-state index contributed by atoms with van der Waals surface area (Å²) in [5.74, 6) is -2.49. The number of thiol groups is 1. The summed E-state index contributed by atoms with van der Waals surface area (Å²) in [6.45, 7) is 4.19. The zero-order valence-electron chi connectivity index (χ0n) is 26.6. The Bertz CT molecular complexity index is 1240. The maximum absolute atomic E-state index is 13.4.